The van der Waals surface area contributed by atoms with Crippen LogP contribution in [0.1, 0.15) is 30.4 Å². The molecule has 0 saturated carbocycles. The summed E-state index contributed by atoms with van der Waals surface area (Å²) >= 11 is 0. The fraction of sp³-hybridized carbons (Fsp3) is 0.375. The highest BCUT2D eigenvalue weighted by molar-refractivity contribution is 5.84. The summed E-state index contributed by atoms with van der Waals surface area (Å²) in [4.78, 5) is 35.3. The number of carbonyl (C=O) groups is 3. The minimum Gasteiger partial charge on any atom is -0.484 e. The first-order valence-electron chi connectivity index (χ1n) is 10.5. The van der Waals surface area contributed by atoms with Gasteiger partial charge in [0, 0.05) is 6.54 Å². The maximum absolute atomic E-state index is 12.0. The van der Waals surface area contributed by atoms with Gasteiger partial charge in [-0.1, -0.05) is 24.3 Å². The van der Waals surface area contributed by atoms with E-state index in [2.05, 4.69) is 10.6 Å². The largest absolute Gasteiger partial charge is 0.484 e. The molecule has 172 valence electrons. The Morgan fingerprint density at radius 1 is 0.875 bits per heavy atom. The van der Waals surface area contributed by atoms with Gasteiger partial charge in [-0.2, -0.15) is 0 Å². The number of hydrogen-bond donors (Lipinski definition) is 3. The van der Waals surface area contributed by atoms with E-state index in [1.807, 2.05) is 44.2 Å². The van der Waals surface area contributed by atoms with Crippen LogP contribution in [-0.2, 0) is 14.4 Å². The number of hydrogen-bond acceptors (Lipinski definition) is 5. The normalized spacial score (nSPS) is 11.3. The third kappa shape index (κ3) is 9.51. The van der Waals surface area contributed by atoms with Gasteiger partial charge in [-0.25, -0.2) is 4.79 Å². The fourth-order valence-corrected chi connectivity index (χ4v) is 2.95. The number of aryl methyl sites for hydroxylation is 2. The molecule has 0 aliphatic heterocycles. The molecule has 0 bridgehead atoms. The smallest absolute Gasteiger partial charge is 0.326 e. The summed E-state index contributed by atoms with van der Waals surface area (Å²) in [5.74, 6) is -0.673. The van der Waals surface area contributed by atoms with Crippen molar-refractivity contribution in [2.75, 3.05) is 19.8 Å². The van der Waals surface area contributed by atoms with Gasteiger partial charge in [-0.3, -0.25) is 9.59 Å². The Morgan fingerprint density at radius 3 is 1.97 bits per heavy atom. The second kappa shape index (κ2) is 13.0. The summed E-state index contributed by atoms with van der Waals surface area (Å²) in [5, 5.41) is 14.6. The Kier molecular flexibility index (Phi) is 10.0. The molecule has 0 aliphatic carbocycles. The number of amides is 2. The lowest BCUT2D eigenvalue weighted by atomic mass is 10.1. The van der Waals surface area contributed by atoms with Gasteiger partial charge in [0.1, 0.15) is 17.5 Å². The molecule has 2 aromatic rings. The number of carboxylic acid groups (broad SMARTS) is 1. The number of ether oxygens (including phenoxy) is 2. The molecule has 0 radical (unpaired) electrons. The molecule has 8 heteroatoms. The Morgan fingerprint density at radius 2 is 1.44 bits per heavy atom. The molecule has 0 aliphatic rings. The van der Waals surface area contributed by atoms with Gasteiger partial charge in [0.15, 0.2) is 13.2 Å². The number of carboxylic acids is 1. The van der Waals surface area contributed by atoms with Crippen molar-refractivity contribution in [2.24, 2.45) is 0 Å². The van der Waals surface area contributed by atoms with Gasteiger partial charge in [-0.05, 0) is 68.5 Å². The van der Waals surface area contributed by atoms with Gasteiger partial charge in [0.05, 0.1) is 0 Å². The highest BCUT2D eigenvalue weighted by atomic mass is 16.5. The van der Waals surface area contributed by atoms with Crippen molar-refractivity contribution in [3.63, 3.8) is 0 Å². The molecular formula is C24H30N2O6. The molecular weight excluding hydrogens is 412 g/mol. The van der Waals surface area contributed by atoms with Gasteiger partial charge in [0.2, 0.25) is 0 Å². The third-order valence-electron chi connectivity index (χ3n) is 4.59. The van der Waals surface area contributed by atoms with Gasteiger partial charge < -0.3 is 25.2 Å². The van der Waals surface area contributed by atoms with Crippen molar-refractivity contribution >= 4 is 17.8 Å². The van der Waals surface area contributed by atoms with E-state index in [0.717, 1.165) is 11.1 Å². The van der Waals surface area contributed by atoms with Crippen LogP contribution >= 0.6 is 0 Å². The monoisotopic (exact) mass is 442 g/mol. The molecule has 0 heterocycles. The van der Waals surface area contributed by atoms with E-state index in [1.165, 1.54) is 0 Å². The number of carbonyl (C=O) groups excluding carboxylic acids is 2. The van der Waals surface area contributed by atoms with Crippen molar-refractivity contribution in [3.8, 4) is 11.5 Å². The molecule has 8 nitrogen and oxygen atoms in total. The van der Waals surface area contributed by atoms with Crippen molar-refractivity contribution < 1.29 is 29.0 Å². The molecule has 0 saturated heterocycles. The van der Waals surface area contributed by atoms with Crippen molar-refractivity contribution in [1.29, 1.82) is 0 Å². The molecule has 0 fully saturated rings. The van der Waals surface area contributed by atoms with Crippen LogP contribution in [0.5, 0.6) is 11.5 Å². The summed E-state index contributed by atoms with van der Waals surface area (Å²) in [6.45, 7) is 3.90. The highest BCUT2D eigenvalue weighted by Crippen LogP contribution is 2.13. The van der Waals surface area contributed by atoms with E-state index in [0.29, 0.717) is 30.9 Å². The zero-order valence-corrected chi connectivity index (χ0v) is 18.4. The van der Waals surface area contributed by atoms with Crippen molar-refractivity contribution in [1.82, 2.24) is 10.6 Å². The van der Waals surface area contributed by atoms with Crippen molar-refractivity contribution in [2.45, 2.75) is 39.2 Å². The highest BCUT2D eigenvalue weighted by Gasteiger charge is 2.19. The van der Waals surface area contributed by atoms with Crippen LogP contribution in [0.15, 0.2) is 48.5 Å². The predicted octanol–water partition coefficient (Wildman–Crippen LogP) is 2.62. The summed E-state index contributed by atoms with van der Waals surface area (Å²) in [5.41, 5.74) is 2.05. The van der Waals surface area contributed by atoms with E-state index in [4.69, 9.17) is 9.47 Å². The standard InChI is InChI=1S/C24H30N2O6/c1-17-7-5-9-19(13-17)31-15-22(27)25-12-4-3-11-21(24(29)30)26-23(28)16-32-20-10-6-8-18(2)14-20/h5-10,13-14,21H,3-4,11-12,15-16H2,1-2H3,(H,25,27)(H,26,28)(H,29,30)/t21-/m0/s1. The van der Waals surface area contributed by atoms with Crippen LogP contribution in [0.25, 0.3) is 0 Å². The molecule has 2 rings (SSSR count). The Balaban J connectivity index is 1.62. The maximum Gasteiger partial charge on any atom is 0.326 e. The molecule has 1 atom stereocenters. The number of benzene rings is 2. The van der Waals surface area contributed by atoms with E-state index in [1.54, 1.807) is 18.2 Å². The average Bonchev–Trinajstić information content (AvgIpc) is 2.75. The summed E-state index contributed by atoms with van der Waals surface area (Å²) in [6.07, 6.45) is 1.35. The zero-order chi connectivity index (χ0) is 23.3. The van der Waals surface area contributed by atoms with Crippen molar-refractivity contribution in [3.05, 3.63) is 59.7 Å². The minimum atomic E-state index is -1.11. The van der Waals surface area contributed by atoms with Gasteiger partial charge >= 0.3 is 5.97 Å². The number of unbranched alkanes of at least 4 members (excludes halogenated alkanes) is 1. The second-order valence-corrected chi connectivity index (χ2v) is 7.51. The Hall–Kier alpha value is -3.55. The maximum atomic E-state index is 12.0. The second-order valence-electron chi connectivity index (χ2n) is 7.51. The fourth-order valence-electron chi connectivity index (χ4n) is 2.95. The molecule has 0 aromatic heterocycles. The van der Waals surface area contributed by atoms with Crippen LogP contribution in [0, 0.1) is 13.8 Å². The molecule has 0 spiro atoms. The van der Waals surface area contributed by atoms with Gasteiger partial charge in [0.25, 0.3) is 11.8 Å². The SMILES string of the molecule is Cc1cccc(OCC(=O)NCCCC[C@H](NC(=O)COc2cccc(C)c2)C(=O)O)c1. The number of aliphatic carboxylic acids is 1. The minimum absolute atomic E-state index is 0.0851. The lowest BCUT2D eigenvalue weighted by molar-refractivity contribution is -0.142. The quantitative estimate of drug-likeness (QED) is 0.411. The number of rotatable bonds is 13. The summed E-state index contributed by atoms with van der Waals surface area (Å²) in [7, 11) is 0. The molecule has 3 N–H and O–H groups in total. The Bertz CT molecular complexity index is 915. The first kappa shape index (κ1) is 24.7. The number of nitrogens with one attached hydrogen (secondary N) is 2. The van der Waals surface area contributed by atoms with Crippen LogP contribution in [0.2, 0.25) is 0 Å². The van der Waals surface area contributed by atoms with E-state index >= 15 is 0 Å². The molecule has 2 amide bonds. The van der Waals surface area contributed by atoms with Crippen LogP contribution in [0.3, 0.4) is 0 Å². The lowest BCUT2D eigenvalue weighted by Crippen LogP contribution is -2.43. The third-order valence-corrected chi connectivity index (χ3v) is 4.59. The van der Waals surface area contributed by atoms with Gasteiger partial charge in [-0.15, -0.1) is 0 Å². The molecule has 2 aromatic carbocycles. The zero-order valence-electron chi connectivity index (χ0n) is 18.4. The van der Waals surface area contributed by atoms with Crippen LogP contribution in [-0.4, -0.2) is 48.7 Å². The summed E-state index contributed by atoms with van der Waals surface area (Å²) in [6, 6.07) is 13.7. The van der Waals surface area contributed by atoms with E-state index < -0.39 is 17.9 Å². The van der Waals surface area contributed by atoms with E-state index in [9.17, 15) is 19.5 Å². The van der Waals surface area contributed by atoms with Crippen LogP contribution < -0.4 is 20.1 Å². The first-order chi connectivity index (χ1) is 15.3. The Labute approximate surface area is 187 Å². The lowest BCUT2D eigenvalue weighted by Gasteiger charge is -2.15. The summed E-state index contributed by atoms with van der Waals surface area (Å²) < 4.78 is 10.8. The van der Waals surface area contributed by atoms with E-state index in [-0.39, 0.29) is 25.5 Å². The first-order valence-corrected chi connectivity index (χ1v) is 10.5. The molecule has 0 unspecified atom stereocenters. The predicted molar refractivity (Wildman–Crippen MR) is 120 cm³/mol. The average molecular weight is 443 g/mol. The topological polar surface area (TPSA) is 114 Å². The molecule has 32 heavy (non-hydrogen) atoms. The van der Waals surface area contributed by atoms with Crippen LogP contribution in [0.4, 0.5) is 0 Å².